The van der Waals surface area contributed by atoms with Crippen molar-refractivity contribution in [3.8, 4) is 0 Å². The smallest absolute Gasteiger partial charge is 0.408 e. The molecule has 34 heavy (non-hydrogen) atoms. The number of carbonyl (C=O) groups excluding carboxylic acids is 4. The Balaban J connectivity index is 5.26. The van der Waals surface area contributed by atoms with Crippen molar-refractivity contribution < 1.29 is 33.8 Å². The van der Waals surface area contributed by atoms with Crippen molar-refractivity contribution in [1.29, 1.82) is 0 Å². The van der Waals surface area contributed by atoms with E-state index >= 15 is 0 Å². The fourth-order valence-electron chi connectivity index (χ4n) is 2.93. The van der Waals surface area contributed by atoms with Gasteiger partial charge in [-0.15, -0.1) is 0 Å². The number of aliphatic hydroxyl groups excluding tert-OH is 1. The number of rotatable bonds is 16. The van der Waals surface area contributed by atoms with Crippen LogP contribution in [0.4, 0.5) is 4.79 Å². The summed E-state index contributed by atoms with van der Waals surface area (Å²) < 4.78 is 10.2. The number of nitrogens with two attached hydrogens (primary N) is 2. The average Bonchev–Trinajstić information content (AvgIpc) is 2.74. The molecule has 3 amide bonds. The lowest BCUT2D eigenvalue weighted by Gasteiger charge is -2.25. The molecule has 0 aliphatic carbocycles. The van der Waals surface area contributed by atoms with Crippen LogP contribution >= 0.6 is 0 Å². The molecule has 12 nitrogen and oxygen atoms in total. The van der Waals surface area contributed by atoms with Crippen LogP contribution in [0.5, 0.6) is 0 Å². The van der Waals surface area contributed by atoms with Crippen LogP contribution in [-0.4, -0.2) is 79.0 Å². The third-order valence-electron chi connectivity index (χ3n) is 4.60. The van der Waals surface area contributed by atoms with E-state index in [0.717, 1.165) is 0 Å². The number of ether oxygens (including phenoxy) is 2. The van der Waals surface area contributed by atoms with E-state index in [0.29, 0.717) is 45.2 Å². The van der Waals surface area contributed by atoms with E-state index in [1.165, 1.54) is 0 Å². The summed E-state index contributed by atoms with van der Waals surface area (Å²) in [6, 6.07) is -3.28. The fraction of sp³-hybridized carbons (Fsp3) is 0.818. The Labute approximate surface area is 201 Å². The second-order valence-electron chi connectivity index (χ2n) is 8.82. The standard InChI is InChI=1S/C22H43N5O7/c1-5-33-20(31)16(11-7-9-13-24)25-19(30)17(14-28)26-18(29)15(10-6-8-12-23)27-21(32)34-22(2,3)4/h15-17,28H,5-14,23-24H2,1-4H3,(H,25,30)(H,26,29)(H,27,32)/t15-,16-,17-/m0/s1. The van der Waals surface area contributed by atoms with Crippen molar-refractivity contribution in [3.05, 3.63) is 0 Å². The lowest BCUT2D eigenvalue weighted by atomic mass is 10.1. The Morgan fingerprint density at radius 3 is 1.79 bits per heavy atom. The van der Waals surface area contributed by atoms with E-state index < -0.39 is 54.2 Å². The Bertz CT molecular complexity index is 640. The maximum Gasteiger partial charge on any atom is 0.408 e. The molecule has 0 bridgehead atoms. The Kier molecular flexibility index (Phi) is 15.8. The number of alkyl carbamates (subject to hydrolysis) is 1. The molecule has 0 unspecified atom stereocenters. The van der Waals surface area contributed by atoms with Gasteiger partial charge in [-0.25, -0.2) is 9.59 Å². The van der Waals surface area contributed by atoms with E-state index in [1.807, 2.05) is 0 Å². The minimum atomic E-state index is -1.34. The first-order valence-electron chi connectivity index (χ1n) is 11.8. The van der Waals surface area contributed by atoms with Crippen LogP contribution in [-0.2, 0) is 23.9 Å². The third-order valence-corrected chi connectivity index (χ3v) is 4.60. The fourth-order valence-corrected chi connectivity index (χ4v) is 2.93. The molecule has 0 aromatic carbocycles. The maximum absolute atomic E-state index is 12.8. The van der Waals surface area contributed by atoms with Crippen molar-refractivity contribution in [2.75, 3.05) is 26.3 Å². The van der Waals surface area contributed by atoms with Crippen molar-refractivity contribution in [2.45, 2.75) is 89.9 Å². The molecule has 0 radical (unpaired) electrons. The highest BCUT2D eigenvalue weighted by molar-refractivity contribution is 5.93. The van der Waals surface area contributed by atoms with Crippen molar-refractivity contribution in [3.63, 3.8) is 0 Å². The normalized spacial score (nSPS) is 13.9. The monoisotopic (exact) mass is 489 g/mol. The number of esters is 1. The van der Waals surface area contributed by atoms with E-state index in [-0.39, 0.29) is 13.0 Å². The van der Waals surface area contributed by atoms with Gasteiger partial charge in [0.25, 0.3) is 0 Å². The third kappa shape index (κ3) is 14.0. The molecule has 0 saturated carbocycles. The predicted octanol–water partition coefficient (Wildman–Crippen LogP) is -0.337. The quantitative estimate of drug-likeness (QED) is 0.124. The van der Waals surface area contributed by atoms with Crippen LogP contribution in [0.3, 0.4) is 0 Å². The summed E-state index contributed by atoms with van der Waals surface area (Å²) in [5, 5.41) is 17.2. The van der Waals surface area contributed by atoms with Gasteiger partial charge in [-0.05, 0) is 79.3 Å². The maximum atomic E-state index is 12.8. The zero-order chi connectivity index (χ0) is 26.1. The van der Waals surface area contributed by atoms with Gasteiger partial charge in [0.05, 0.1) is 13.2 Å². The highest BCUT2D eigenvalue weighted by atomic mass is 16.6. The van der Waals surface area contributed by atoms with Gasteiger partial charge in [-0.1, -0.05) is 0 Å². The lowest BCUT2D eigenvalue weighted by Crippen LogP contribution is -2.57. The Morgan fingerprint density at radius 2 is 1.32 bits per heavy atom. The molecule has 0 aromatic heterocycles. The SMILES string of the molecule is CCOC(=O)[C@H](CCCCN)NC(=O)[C@H](CO)NC(=O)[C@H](CCCCN)NC(=O)OC(C)(C)C. The van der Waals surface area contributed by atoms with Crippen LogP contribution < -0.4 is 27.4 Å². The number of aliphatic hydroxyl groups is 1. The van der Waals surface area contributed by atoms with Gasteiger partial charge in [0.2, 0.25) is 11.8 Å². The summed E-state index contributed by atoms with van der Waals surface area (Å²) in [7, 11) is 0. The first-order valence-corrected chi connectivity index (χ1v) is 11.8. The van der Waals surface area contributed by atoms with E-state index in [2.05, 4.69) is 16.0 Å². The highest BCUT2D eigenvalue weighted by Gasteiger charge is 2.30. The number of hydrogen-bond acceptors (Lipinski definition) is 9. The number of amides is 3. The van der Waals surface area contributed by atoms with Crippen molar-refractivity contribution >= 4 is 23.9 Å². The zero-order valence-corrected chi connectivity index (χ0v) is 20.9. The average molecular weight is 490 g/mol. The van der Waals surface area contributed by atoms with Gasteiger partial charge < -0.3 is 42.0 Å². The summed E-state index contributed by atoms with van der Waals surface area (Å²) in [6.07, 6.45) is 2.20. The zero-order valence-electron chi connectivity index (χ0n) is 20.9. The highest BCUT2D eigenvalue weighted by Crippen LogP contribution is 2.09. The van der Waals surface area contributed by atoms with Gasteiger partial charge in [-0.2, -0.15) is 0 Å². The number of carbonyl (C=O) groups is 4. The predicted molar refractivity (Wildman–Crippen MR) is 127 cm³/mol. The molecule has 0 rings (SSSR count). The van der Waals surface area contributed by atoms with Gasteiger partial charge >= 0.3 is 12.1 Å². The first kappa shape index (κ1) is 31.6. The number of hydrogen-bond donors (Lipinski definition) is 6. The molecule has 198 valence electrons. The van der Waals surface area contributed by atoms with Gasteiger partial charge in [0, 0.05) is 0 Å². The molecule has 0 heterocycles. The molecule has 0 aliphatic rings. The van der Waals surface area contributed by atoms with Crippen molar-refractivity contribution in [1.82, 2.24) is 16.0 Å². The van der Waals surface area contributed by atoms with Crippen LogP contribution in [0.1, 0.15) is 66.2 Å². The van der Waals surface area contributed by atoms with E-state index in [9.17, 15) is 24.3 Å². The second-order valence-corrected chi connectivity index (χ2v) is 8.82. The molecule has 0 fully saturated rings. The van der Waals surface area contributed by atoms with Crippen LogP contribution in [0.25, 0.3) is 0 Å². The molecule has 0 saturated heterocycles. The molecule has 0 spiro atoms. The molecule has 12 heteroatoms. The molecule has 0 aliphatic heterocycles. The summed E-state index contributed by atoms with van der Waals surface area (Å²) in [4.78, 5) is 49.9. The molecule has 3 atom stereocenters. The molecular weight excluding hydrogens is 446 g/mol. The number of nitrogens with one attached hydrogen (secondary N) is 3. The summed E-state index contributed by atoms with van der Waals surface area (Å²) in [5.41, 5.74) is 10.2. The van der Waals surface area contributed by atoms with Crippen molar-refractivity contribution in [2.24, 2.45) is 11.5 Å². The van der Waals surface area contributed by atoms with E-state index in [4.69, 9.17) is 20.9 Å². The minimum absolute atomic E-state index is 0.142. The van der Waals surface area contributed by atoms with E-state index in [1.54, 1.807) is 27.7 Å². The Morgan fingerprint density at radius 1 is 0.824 bits per heavy atom. The van der Waals surface area contributed by atoms with Gasteiger partial charge in [0.1, 0.15) is 23.7 Å². The summed E-state index contributed by atoms with van der Waals surface area (Å²) in [6.45, 7) is 7.01. The molecule has 0 aromatic rings. The summed E-state index contributed by atoms with van der Waals surface area (Å²) in [5.74, 6) is -2.03. The van der Waals surface area contributed by atoms with Crippen LogP contribution in [0, 0.1) is 0 Å². The minimum Gasteiger partial charge on any atom is -0.464 e. The van der Waals surface area contributed by atoms with Crippen LogP contribution in [0.2, 0.25) is 0 Å². The van der Waals surface area contributed by atoms with Crippen LogP contribution in [0.15, 0.2) is 0 Å². The number of unbranched alkanes of at least 4 members (excludes halogenated alkanes) is 2. The first-order chi connectivity index (χ1) is 16.0. The molecule has 8 N–H and O–H groups in total. The topological polar surface area (TPSA) is 195 Å². The largest absolute Gasteiger partial charge is 0.464 e. The molecular formula is C22H43N5O7. The lowest BCUT2D eigenvalue weighted by molar-refractivity contribution is -0.148. The second kappa shape index (κ2) is 17.1. The Hall–Kier alpha value is -2.44. The van der Waals surface area contributed by atoms with Gasteiger partial charge in [0.15, 0.2) is 0 Å². The summed E-state index contributed by atoms with van der Waals surface area (Å²) >= 11 is 0. The van der Waals surface area contributed by atoms with Gasteiger partial charge in [-0.3, -0.25) is 9.59 Å².